The summed E-state index contributed by atoms with van der Waals surface area (Å²) in [6, 6.07) is 8.70. The van der Waals surface area contributed by atoms with Gasteiger partial charge in [0.1, 0.15) is 11.5 Å². The number of nitrogens with one attached hydrogen (secondary N) is 2. The SMILES string of the molecule is N=Cc1ccc(Br)cc1Nc1cccc(C(F)(F)F)n1. The summed E-state index contributed by atoms with van der Waals surface area (Å²) >= 11 is 3.27. The first kappa shape index (κ1) is 14.5. The maximum absolute atomic E-state index is 12.6. The van der Waals surface area contributed by atoms with Crippen molar-refractivity contribution in [3.8, 4) is 0 Å². The van der Waals surface area contributed by atoms with Crippen LogP contribution >= 0.6 is 15.9 Å². The Balaban J connectivity index is 2.35. The van der Waals surface area contributed by atoms with Gasteiger partial charge in [-0.3, -0.25) is 0 Å². The van der Waals surface area contributed by atoms with Gasteiger partial charge in [0.2, 0.25) is 0 Å². The molecule has 0 aliphatic heterocycles. The van der Waals surface area contributed by atoms with E-state index in [0.29, 0.717) is 11.3 Å². The summed E-state index contributed by atoms with van der Waals surface area (Å²) in [6.45, 7) is 0. The fraction of sp³-hybridized carbons (Fsp3) is 0.0769. The summed E-state index contributed by atoms with van der Waals surface area (Å²) in [4.78, 5) is 3.52. The third-order valence-electron chi connectivity index (χ3n) is 2.47. The highest BCUT2D eigenvalue weighted by molar-refractivity contribution is 9.10. The highest BCUT2D eigenvalue weighted by atomic mass is 79.9. The van der Waals surface area contributed by atoms with Crippen molar-refractivity contribution in [2.24, 2.45) is 0 Å². The predicted octanol–water partition coefficient (Wildman–Crippen LogP) is 4.60. The normalized spacial score (nSPS) is 11.2. The van der Waals surface area contributed by atoms with Gasteiger partial charge in [-0.1, -0.05) is 28.1 Å². The van der Waals surface area contributed by atoms with Crippen LogP contribution in [0.25, 0.3) is 0 Å². The van der Waals surface area contributed by atoms with E-state index in [1.54, 1.807) is 18.2 Å². The van der Waals surface area contributed by atoms with E-state index >= 15 is 0 Å². The van der Waals surface area contributed by atoms with Gasteiger partial charge in [-0.05, 0) is 24.3 Å². The zero-order valence-corrected chi connectivity index (χ0v) is 11.6. The minimum absolute atomic E-state index is 0.0704. The number of aromatic nitrogens is 1. The second-order valence-electron chi connectivity index (χ2n) is 3.91. The van der Waals surface area contributed by atoms with Gasteiger partial charge >= 0.3 is 6.18 Å². The first-order valence-corrected chi connectivity index (χ1v) is 6.31. The van der Waals surface area contributed by atoms with Crippen molar-refractivity contribution < 1.29 is 13.2 Å². The minimum Gasteiger partial charge on any atom is -0.340 e. The lowest BCUT2D eigenvalue weighted by atomic mass is 10.2. The Morgan fingerprint density at radius 1 is 1.20 bits per heavy atom. The first-order valence-electron chi connectivity index (χ1n) is 5.51. The minimum atomic E-state index is -4.49. The van der Waals surface area contributed by atoms with Crippen molar-refractivity contribution in [2.45, 2.75) is 6.18 Å². The van der Waals surface area contributed by atoms with Crippen LogP contribution in [0.1, 0.15) is 11.3 Å². The molecule has 0 amide bonds. The summed E-state index contributed by atoms with van der Waals surface area (Å²) in [5, 5.41) is 10.1. The quantitative estimate of drug-likeness (QED) is 0.800. The molecule has 0 saturated heterocycles. The topological polar surface area (TPSA) is 48.8 Å². The molecule has 1 aromatic heterocycles. The van der Waals surface area contributed by atoms with Crippen LogP contribution in [0.3, 0.4) is 0 Å². The van der Waals surface area contributed by atoms with Gasteiger partial charge in [-0.25, -0.2) is 4.98 Å². The molecular formula is C13H9BrF3N3. The first-order chi connectivity index (χ1) is 9.40. The number of benzene rings is 1. The number of anilines is 2. The zero-order valence-electron chi connectivity index (χ0n) is 10.0. The van der Waals surface area contributed by atoms with Gasteiger partial charge in [0.15, 0.2) is 0 Å². The van der Waals surface area contributed by atoms with E-state index in [9.17, 15) is 13.2 Å². The summed E-state index contributed by atoms with van der Waals surface area (Å²) in [5.74, 6) is 0.0704. The largest absolute Gasteiger partial charge is 0.433 e. The zero-order chi connectivity index (χ0) is 14.8. The van der Waals surface area contributed by atoms with Crippen LogP contribution in [-0.2, 0) is 6.18 Å². The summed E-state index contributed by atoms with van der Waals surface area (Å²) in [7, 11) is 0. The third kappa shape index (κ3) is 3.36. The number of rotatable bonds is 3. The van der Waals surface area contributed by atoms with Gasteiger partial charge < -0.3 is 10.7 Å². The molecule has 1 aromatic carbocycles. The lowest BCUT2D eigenvalue weighted by Gasteiger charge is -2.11. The Bertz CT molecular complexity index is 641. The molecule has 0 aliphatic carbocycles. The Kier molecular flexibility index (Phi) is 4.08. The van der Waals surface area contributed by atoms with E-state index in [1.807, 2.05) is 0 Å². The maximum Gasteiger partial charge on any atom is 0.433 e. The molecular weight excluding hydrogens is 335 g/mol. The fourth-order valence-corrected chi connectivity index (χ4v) is 1.92. The van der Waals surface area contributed by atoms with E-state index in [1.165, 1.54) is 12.1 Å². The average molecular weight is 344 g/mol. The molecule has 2 rings (SSSR count). The maximum atomic E-state index is 12.6. The summed E-state index contributed by atoms with van der Waals surface area (Å²) in [5.41, 5.74) is 0.0857. The molecule has 104 valence electrons. The molecule has 3 nitrogen and oxygen atoms in total. The highest BCUT2D eigenvalue weighted by Crippen LogP contribution is 2.29. The van der Waals surface area contributed by atoms with E-state index < -0.39 is 11.9 Å². The summed E-state index contributed by atoms with van der Waals surface area (Å²) in [6.07, 6.45) is -3.37. The van der Waals surface area contributed by atoms with Gasteiger partial charge in [0.05, 0.1) is 0 Å². The molecule has 0 aliphatic rings. The van der Waals surface area contributed by atoms with Gasteiger partial charge in [-0.2, -0.15) is 13.2 Å². The Morgan fingerprint density at radius 2 is 1.95 bits per heavy atom. The van der Waals surface area contributed by atoms with E-state index in [2.05, 4.69) is 26.2 Å². The van der Waals surface area contributed by atoms with Crippen LogP contribution in [0.15, 0.2) is 40.9 Å². The van der Waals surface area contributed by atoms with E-state index in [4.69, 9.17) is 5.41 Å². The van der Waals surface area contributed by atoms with Gasteiger partial charge in [0.25, 0.3) is 0 Å². The molecule has 0 atom stereocenters. The second-order valence-corrected chi connectivity index (χ2v) is 4.82. The molecule has 0 radical (unpaired) electrons. The van der Waals surface area contributed by atoms with Crippen LogP contribution in [0, 0.1) is 5.41 Å². The van der Waals surface area contributed by atoms with Crippen molar-refractivity contribution >= 4 is 33.6 Å². The number of halogens is 4. The Morgan fingerprint density at radius 3 is 2.60 bits per heavy atom. The molecule has 0 bridgehead atoms. The second kappa shape index (κ2) is 5.62. The number of alkyl halides is 3. The number of nitrogens with zero attached hydrogens (tertiary/aromatic N) is 1. The molecule has 0 saturated carbocycles. The molecule has 2 N–H and O–H groups in total. The molecule has 0 unspecified atom stereocenters. The van der Waals surface area contributed by atoms with Crippen LogP contribution in [0.2, 0.25) is 0 Å². The Labute approximate surface area is 121 Å². The van der Waals surface area contributed by atoms with Crippen LogP contribution < -0.4 is 5.32 Å². The Hall–Kier alpha value is -1.89. The van der Waals surface area contributed by atoms with Crippen molar-refractivity contribution in [1.82, 2.24) is 4.98 Å². The molecule has 7 heteroatoms. The molecule has 20 heavy (non-hydrogen) atoms. The van der Waals surface area contributed by atoms with Gasteiger partial charge in [0, 0.05) is 21.9 Å². The standard InChI is InChI=1S/C13H9BrF3N3/c14-9-5-4-8(7-18)10(6-9)19-12-3-1-2-11(20-12)13(15,16)17/h1-7,18H,(H,19,20). The van der Waals surface area contributed by atoms with Crippen LogP contribution in [0.4, 0.5) is 24.7 Å². The molecule has 0 spiro atoms. The van der Waals surface area contributed by atoms with Crippen molar-refractivity contribution in [3.63, 3.8) is 0 Å². The molecule has 0 fully saturated rings. The average Bonchev–Trinajstić information content (AvgIpc) is 2.38. The predicted molar refractivity (Wildman–Crippen MR) is 74.5 cm³/mol. The number of hydrogen-bond donors (Lipinski definition) is 2. The lowest BCUT2D eigenvalue weighted by molar-refractivity contribution is -0.141. The highest BCUT2D eigenvalue weighted by Gasteiger charge is 2.32. The van der Waals surface area contributed by atoms with Crippen molar-refractivity contribution in [3.05, 3.63) is 52.1 Å². The van der Waals surface area contributed by atoms with Crippen LogP contribution in [0.5, 0.6) is 0 Å². The van der Waals surface area contributed by atoms with Crippen molar-refractivity contribution in [2.75, 3.05) is 5.32 Å². The van der Waals surface area contributed by atoms with E-state index in [0.717, 1.165) is 16.8 Å². The third-order valence-corrected chi connectivity index (χ3v) is 2.97. The van der Waals surface area contributed by atoms with Crippen LogP contribution in [-0.4, -0.2) is 11.2 Å². The number of hydrogen-bond acceptors (Lipinski definition) is 3. The van der Waals surface area contributed by atoms with Crippen molar-refractivity contribution in [1.29, 1.82) is 5.41 Å². The van der Waals surface area contributed by atoms with Gasteiger partial charge in [-0.15, -0.1) is 0 Å². The smallest absolute Gasteiger partial charge is 0.340 e. The molecule has 1 heterocycles. The number of pyridine rings is 1. The molecule has 2 aromatic rings. The fourth-order valence-electron chi connectivity index (χ4n) is 1.56. The lowest BCUT2D eigenvalue weighted by Crippen LogP contribution is -2.09. The summed E-state index contributed by atoms with van der Waals surface area (Å²) < 4.78 is 38.5. The monoisotopic (exact) mass is 343 g/mol. The van der Waals surface area contributed by atoms with E-state index in [-0.39, 0.29) is 5.82 Å².